The third-order valence-corrected chi connectivity index (χ3v) is 4.41. The minimum atomic E-state index is -0.0746. The molecular formula is C15H23N3. The predicted octanol–water partition coefficient (Wildman–Crippen LogP) is 3.46. The lowest BCUT2D eigenvalue weighted by Crippen LogP contribution is -2.27. The van der Waals surface area contributed by atoms with Gasteiger partial charge >= 0.3 is 0 Å². The second kappa shape index (κ2) is 5.56. The van der Waals surface area contributed by atoms with E-state index in [4.69, 9.17) is 0 Å². The van der Waals surface area contributed by atoms with Gasteiger partial charge in [-0.05, 0) is 37.2 Å². The van der Waals surface area contributed by atoms with Crippen molar-refractivity contribution in [1.29, 1.82) is 5.26 Å². The van der Waals surface area contributed by atoms with Gasteiger partial charge < -0.3 is 0 Å². The van der Waals surface area contributed by atoms with Gasteiger partial charge in [-0.3, -0.25) is 4.68 Å². The maximum Gasteiger partial charge on any atom is 0.0689 e. The Morgan fingerprint density at radius 2 is 2.44 bits per heavy atom. The van der Waals surface area contributed by atoms with Crippen LogP contribution in [-0.2, 0) is 13.5 Å². The van der Waals surface area contributed by atoms with E-state index in [1.807, 2.05) is 17.9 Å². The van der Waals surface area contributed by atoms with Crippen molar-refractivity contribution < 1.29 is 0 Å². The van der Waals surface area contributed by atoms with E-state index in [-0.39, 0.29) is 5.41 Å². The molecule has 1 aromatic rings. The van der Waals surface area contributed by atoms with Gasteiger partial charge in [-0.1, -0.05) is 26.2 Å². The van der Waals surface area contributed by atoms with Gasteiger partial charge in [-0.2, -0.15) is 10.4 Å². The molecular weight excluding hydrogens is 222 g/mol. The summed E-state index contributed by atoms with van der Waals surface area (Å²) in [5.74, 6) is 0.757. The SMILES string of the molecule is CCC1CCCC(C#N)(CCc2cnn(C)c2)C1. The van der Waals surface area contributed by atoms with Gasteiger partial charge in [0.2, 0.25) is 0 Å². The molecule has 2 atom stereocenters. The molecule has 1 aliphatic carbocycles. The zero-order valence-corrected chi connectivity index (χ0v) is 11.5. The van der Waals surface area contributed by atoms with E-state index in [1.54, 1.807) is 0 Å². The van der Waals surface area contributed by atoms with Crippen LogP contribution in [0.1, 0.15) is 51.0 Å². The van der Waals surface area contributed by atoms with Crippen molar-refractivity contribution >= 4 is 0 Å². The Morgan fingerprint density at radius 1 is 1.61 bits per heavy atom. The Balaban J connectivity index is 1.98. The number of aromatic nitrogens is 2. The van der Waals surface area contributed by atoms with Crippen LogP contribution in [0.25, 0.3) is 0 Å². The summed E-state index contributed by atoms with van der Waals surface area (Å²) in [7, 11) is 1.94. The Morgan fingerprint density at radius 3 is 3.06 bits per heavy atom. The smallest absolute Gasteiger partial charge is 0.0689 e. The molecule has 98 valence electrons. The molecule has 0 bridgehead atoms. The van der Waals surface area contributed by atoms with Gasteiger partial charge in [0.05, 0.1) is 17.7 Å². The van der Waals surface area contributed by atoms with E-state index >= 15 is 0 Å². The first-order chi connectivity index (χ1) is 8.67. The van der Waals surface area contributed by atoms with Gasteiger partial charge in [0, 0.05) is 13.2 Å². The van der Waals surface area contributed by atoms with Crippen LogP contribution in [0, 0.1) is 22.7 Å². The third-order valence-electron chi connectivity index (χ3n) is 4.41. The first-order valence-corrected chi connectivity index (χ1v) is 7.06. The fourth-order valence-electron chi connectivity index (χ4n) is 3.20. The summed E-state index contributed by atoms with van der Waals surface area (Å²) in [4.78, 5) is 0. The molecule has 3 nitrogen and oxygen atoms in total. The average molecular weight is 245 g/mol. The van der Waals surface area contributed by atoms with Gasteiger partial charge in [0.15, 0.2) is 0 Å². The molecule has 1 fully saturated rings. The van der Waals surface area contributed by atoms with Gasteiger partial charge in [-0.15, -0.1) is 0 Å². The predicted molar refractivity (Wildman–Crippen MR) is 71.8 cm³/mol. The molecule has 0 spiro atoms. The van der Waals surface area contributed by atoms with E-state index in [2.05, 4.69) is 24.3 Å². The standard InChI is InChI=1S/C15H23N3/c1-3-13-5-4-7-15(9-13,12-16)8-6-14-10-17-18(2)11-14/h10-11,13H,3-9H2,1-2H3. The van der Waals surface area contributed by atoms with Crippen LogP contribution in [0.5, 0.6) is 0 Å². The quantitative estimate of drug-likeness (QED) is 0.815. The monoisotopic (exact) mass is 245 g/mol. The number of aryl methyl sites for hydroxylation is 2. The van der Waals surface area contributed by atoms with Crippen molar-refractivity contribution in [2.75, 3.05) is 0 Å². The highest BCUT2D eigenvalue weighted by Gasteiger charge is 2.35. The van der Waals surface area contributed by atoms with E-state index < -0.39 is 0 Å². The highest BCUT2D eigenvalue weighted by molar-refractivity contribution is 5.08. The summed E-state index contributed by atoms with van der Waals surface area (Å²) in [6.45, 7) is 2.25. The molecule has 0 radical (unpaired) electrons. The summed E-state index contributed by atoms with van der Waals surface area (Å²) in [6, 6.07) is 2.63. The average Bonchev–Trinajstić information content (AvgIpc) is 2.82. The molecule has 1 heterocycles. The number of hydrogen-bond donors (Lipinski definition) is 0. The maximum absolute atomic E-state index is 9.57. The highest BCUT2D eigenvalue weighted by Crippen LogP contribution is 2.43. The Bertz CT molecular complexity index is 429. The summed E-state index contributed by atoms with van der Waals surface area (Å²) in [5, 5.41) is 13.8. The summed E-state index contributed by atoms with van der Waals surface area (Å²) in [6.07, 6.45) is 11.9. The summed E-state index contributed by atoms with van der Waals surface area (Å²) >= 11 is 0. The van der Waals surface area contributed by atoms with E-state index in [9.17, 15) is 5.26 Å². The van der Waals surface area contributed by atoms with Crippen LogP contribution >= 0.6 is 0 Å². The molecule has 1 aliphatic rings. The molecule has 2 rings (SSSR count). The number of rotatable bonds is 4. The molecule has 0 amide bonds. The number of nitriles is 1. The van der Waals surface area contributed by atoms with Crippen molar-refractivity contribution in [3.63, 3.8) is 0 Å². The highest BCUT2D eigenvalue weighted by atomic mass is 15.2. The molecule has 0 saturated heterocycles. The molecule has 2 unspecified atom stereocenters. The second-order valence-electron chi connectivity index (χ2n) is 5.79. The summed E-state index contributed by atoms with van der Waals surface area (Å²) < 4.78 is 1.84. The van der Waals surface area contributed by atoms with Crippen LogP contribution in [0.15, 0.2) is 12.4 Å². The van der Waals surface area contributed by atoms with E-state index in [1.165, 1.54) is 24.8 Å². The minimum absolute atomic E-state index is 0.0746. The van der Waals surface area contributed by atoms with Crippen LogP contribution < -0.4 is 0 Å². The Labute approximate surface area is 110 Å². The first-order valence-electron chi connectivity index (χ1n) is 7.06. The molecule has 3 heteroatoms. The molecule has 1 saturated carbocycles. The maximum atomic E-state index is 9.57. The lowest BCUT2D eigenvalue weighted by atomic mass is 9.67. The van der Waals surface area contributed by atoms with Gasteiger partial charge in [-0.25, -0.2) is 0 Å². The lowest BCUT2D eigenvalue weighted by molar-refractivity contribution is 0.183. The Hall–Kier alpha value is -1.30. The Kier molecular flexibility index (Phi) is 4.06. The molecule has 0 aliphatic heterocycles. The fourth-order valence-corrected chi connectivity index (χ4v) is 3.20. The zero-order chi connectivity index (χ0) is 13.0. The molecule has 1 aromatic heterocycles. The van der Waals surface area contributed by atoms with Crippen molar-refractivity contribution in [3.8, 4) is 6.07 Å². The number of hydrogen-bond acceptors (Lipinski definition) is 2. The van der Waals surface area contributed by atoms with Crippen LogP contribution in [0.3, 0.4) is 0 Å². The third kappa shape index (κ3) is 2.93. The second-order valence-corrected chi connectivity index (χ2v) is 5.79. The summed E-state index contributed by atoms with van der Waals surface area (Å²) in [5.41, 5.74) is 1.18. The van der Waals surface area contributed by atoms with E-state index in [0.29, 0.717) is 0 Å². The first kappa shape index (κ1) is 13.1. The lowest BCUT2D eigenvalue weighted by Gasteiger charge is -2.35. The van der Waals surface area contributed by atoms with Crippen LogP contribution in [-0.4, -0.2) is 9.78 Å². The van der Waals surface area contributed by atoms with Crippen LogP contribution in [0.4, 0.5) is 0 Å². The fraction of sp³-hybridized carbons (Fsp3) is 0.733. The zero-order valence-electron chi connectivity index (χ0n) is 11.5. The van der Waals surface area contributed by atoms with Gasteiger partial charge in [0.25, 0.3) is 0 Å². The van der Waals surface area contributed by atoms with Crippen LogP contribution in [0.2, 0.25) is 0 Å². The van der Waals surface area contributed by atoms with Gasteiger partial charge in [0.1, 0.15) is 0 Å². The molecule has 18 heavy (non-hydrogen) atoms. The van der Waals surface area contributed by atoms with Crippen molar-refractivity contribution in [2.45, 2.75) is 51.9 Å². The minimum Gasteiger partial charge on any atom is -0.276 e. The van der Waals surface area contributed by atoms with Crippen molar-refractivity contribution in [1.82, 2.24) is 9.78 Å². The molecule has 0 aromatic carbocycles. The van der Waals surface area contributed by atoms with Crippen molar-refractivity contribution in [2.24, 2.45) is 18.4 Å². The van der Waals surface area contributed by atoms with Crippen molar-refractivity contribution in [3.05, 3.63) is 18.0 Å². The molecule has 0 N–H and O–H groups in total. The topological polar surface area (TPSA) is 41.6 Å². The largest absolute Gasteiger partial charge is 0.276 e. The normalized spacial score (nSPS) is 27.9. The van der Waals surface area contributed by atoms with E-state index in [0.717, 1.165) is 31.6 Å². The number of nitrogens with zero attached hydrogens (tertiary/aromatic N) is 3.